The van der Waals surface area contributed by atoms with Crippen LogP contribution in [-0.2, 0) is 17.8 Å². The van der Waals surface area contributed by atoms with Crippen molar-refractivity contribution in [1.29, 1.82) is 0 Å². The van der Waals surface area contributed by atoms with Gasteiger partial charge in [-0.25, -0.2) is 4.98 Å². The van der Waals surface area contributed by atoms with Gasteiger partial charge in [0.2, 0.25) is 0 Å². The van der Waals surface area contributed by atoms with Crippen molar-refractivity contribution in [3.05, 3.63) is 65.6 Å². The molecular weight excluding hydrogens is 382 g/mol. The minimum atomic E-state index is -0.0390. The molecule has 146 valence electrons. The van der Waals surface area contributed by atoms with Gasteiger partial charge in [-0.2, -0.15) is 0 Å². The normalized spacial score (nSPS) is 11.1. The highest BCUT2D eigenvalue weighted by Crippen LogP contribution is 2.36. The van der Waals surface area contributed by atoms with Gasteiger partial charge in [-0.15, -0.1) is 11.3 Å². The van der Waals surface area contributed by atoms with Crippen LogP contribution in [0.4, 0.5) is 0 Å². The first-order valence-corrected chi connectivity index (χ1v) is 10.4. The number of carbonyl (C=O) groups is 1. The van der Waals surface area contributed by atoms with E-state index in [2.05, 4.69) is 16.0 Å². The van der Waals surface area contributed by atoms with Crippen molar-refractivity contribution in [3.63, 3.8) is 0 Å². The number of nitrogens with zero attached hydrogens (tertiary/aromatic N) is 3. The number of aliphatic hydroxyl groups is 1. The van der Waals surface area contributed by atoms with Gasteiger partial charge in [0.25, 0.3) is 0 Å². The molecule has 0 atom stereocenters. The first-order valence-electron chi connectivity index (χ1n) is 9.59. The Hall–Kier alpha value is -2.96. The van der Waals surface area contributed by atoms with Crippen LogP contribution >= 0.6 is 11.3 Å². The number of thiazole rings is 1. The molecule has 0 saturated heterocycles. The van der Waals surface area contributed by atoms with Gasteiger partial charge >= 0.3 is 0 Å². The van der Waals surface area contributed by atoms with E-state index in [0.29, 0.717) is 12.8 Å². The van der Waals surface area contributed by atoms with Gasteiger partial charge in [-0.3, -0.25) is 14.8 Å². The van der Waals surface area contributed by atoms with Crippen molar-refractivity contribution in [2.45, 2.75) is 32.8 Å². The van der Waals surface area contributed by atoms with Crippen LogP contribution in [0.5, 0.6) is 0 Å². The number of Topliss-reactive ketones (excluding diaryl/α,β-unsaturated/α-hetero) is 1. The first-order chi connectivity index (χ1) is 14.2. The summed E-state index contributed by atoms with van der Waals surface area (Å²) in [7, 11) is 0. The van der Waals surface area contributed by atoms with Gasteiger partial charge in [0.05, 0.1) is 28.9 Å². The van der Waals surface area contributed by atoms with Crippen LogP contribution in [0, 0.1) is 0 Å². The monoisotopic (exact) mass is 403 g/mol. The molecule has 0 saturated carbocycles. The van der Waals surface area contributed by atoms with Crippen molar-refractivity contribution in [2.24, 2.45) is 0 Å². The molecule has 29 heavy (non-hydrogen) atoms. The highest BCUT2D eigenvalue weighted by molar-refractivity contribution is 7.19. The maximum atomic E-state index is 12.1. The third-order valence-electron chi connectivity index (χ3n) is 4.69. The summed E-state index contributed by atoms with van der Waals surface area (Å²) in [4.78, 5) is 25.6. The fraction of sp³-hybridized carbons (Fsp3) is 0.217. The van der Waals surface area contributed by atoms with E-state index in [1.165, 1.54) is 0 Å². The molecule has 5 nitrogen and oxygen atoms in total. The van der Waals surface area contributed by atoms with Gasteiger partial charge < -0.3 is 5.11 Å². The van der Waals surface area contributed by atoms with E-state index in [1.54, 1.807) is 23.7 Å². The molecule has 0 aliphatic rings. The SMILES string of the molecule is CCCC(=O)Cc1nc2cc(-c3cccnc3)cc(-c3ccc(CO)cn3)c2s1. The third kappa shape index (κ3) is 4.23. The summed E-state index contributed by atoms with van der Waals surface area (Å²) in [5.41, 5.74) is 5.41. The van der Waals surface area contributed by atoms with Crippen molar-refractivity contribution in [3.8, 4) is 22.4 Å². The maximum Gasteiger partial charge on any atom is 0.139 e. The number of pyridine rings is 2. The molecule has 3 heterocycles. The number of hydrogen-bond acceptors (Lipinski definition) is 6. The molecule has 3 aromatic heterocycles. The van der Waals surface area contributed by atoms with E-state index >= 15 is 0 Å². The lowest BCUT2D eigenvalue weighted by atomic mass is 10.0. The quantitative estimate of drug-likeness (QED) is 0.479. The average Bonchev–Trinajstić information content (AvgIpc) is 3.16. The van der Waals surface area contributed by atoms with Gasteiger partial charge in [-0.05, 0) is 41.8 Å². The Morgan fingerprint density at radius 3 is 2.72 bits per heavy atom. The van der Waals surface area contributed by atoms with Crippen LogP contribution in [0.1, 0.15) is 30.3 Å². The fourth-order valence-corrected chi connectivity index (χ4v) is 4.35. The number of hydrogen-bond donors (Lipinski definition) is 1. The molecule has 0 aliphatic carbocycles. The first kappa shape index (κ1) is 19.4. The van der Waals surface area contributed by atoms with E-state index < -0.39 is 0 Å². The minimum absolute atomic E-state index is 0.0390. The van der Waals surface area contributed by atoms with E-state index in [-0.39, 0.29) is 12.4 Å². The standard InChI is InChI=1S/C23H21N3O2S/c1-2-4-18(28)11-22-26-21-10-17(16-5-3-8-24-13-16)9-19(23(21)29-22)20-7-6-15(14-27)12-25-20/h3,5-10,12-13,27H,2,4,11,14H2,1H3. The molecule has 0 spiro atoms. The topological polar surface area (TPSA) is 76.0 Å². The molecule has 0 amide bonds. The number of benzene rings is 1. The van der Waals surface area contributed by atoms with Crippen LogP contribution in [0.3, 0.4) is 0 Å². The lowest BCUT2D eigenvalue weighted by Gasteiger charge is -2.07. The molecule has 0 bridgehead atoms. The highest BCUT2D eigenvalue weighted by Gasteiger charge is 2.15. The van der Waals surface area contributed by atoms with Crippen molar-refractivity contribution < 1.29 is 9.90 Å². The predicted molar refractivity (Wildman–Crippen MR) is 116 cm³/mol. The second-order valence-corrected chi connectivity index (χ2v) is 7.98. The van der Waals surface area contributed by atoms with Crippen LogP contribution in [-0.4, -0.2) is 25.8 Å². The Balaban J connectivity index is 1.85. The minimum Gasteiger partial charge on any atom is -0.392 e. The van der Waals surface area contributed by atoms with Crippen LogP contribution < -0.4 is 0 Å². The van der Waals surface area contributed by atoms with Crippen LogP contribution in [0.25, 0.3) is 32.6 Å². The molecule has 0 radical (unpaired) electrons. The van der Waals surface area contributed by atoms with Gasteiger partial charge in [-0.1, -0.05) is 19.1 Å². The second kappa shape index (κ2) is 8.59. The van der Waals surface area contributed by atoms with E-state index in [4.69, 9.17) is 4.98 Å². The summed E-state index contributed by atoms with van der Waals surface area (Å²) >= 11 is 1.55. The number of aromatic nitrogens is 3. The molecule has 4 aromatic rings. The fourth-order valence-electron chi connectivity index (χ4n) is 3.26. The van der Waals surface area contributed by atoms with Crippen LogP contribution in [0.2, 0.25) is 0 Å². The summed E-state index contributed by atoms with van der Waals surface area (Å²) < 4.78 is 1.01. The Labute approximate surface area is 173 Å². The molecule has 4 rings (SSSR count). The molecule has 0 unspecified atom stereocenters. The number of aliphatic hydroxyl groups excluding tert-OH is 1. The third-order valence-corrected chi connectivity index (χ3v) is 5.79. The zero-order valence-corrected chi connectivity index (χ0v) is 16.9. The lowest BCUT2D eigenvalue weighted by Crippen LogP contribution is -2.00. The Bertz CT molecular complexity index is 1140. The molecule has 0 fully saturated rings. The highest BCUT2D eigenvalue weighted by atomic mass is 32.1. The van der Waals surface area contributed by atoms with Crippen molar-refractivity contribution in [2.75, 3.05) is 0 Å². The molecule has 1 aromatic carbocycles. The molecule has 6 heteroatoms. The molecular formula is C23H21N3O2S. The zero-order chi connectivity index (χ0) is 20.2. The van der Waals surface area contributed by atoms with Gasteiger partial charge in [0, 0.05) is 36.1 Å². The smallest absolute Gasteiger partial charge is 0.139 e. The Morgan fingerprint density at radius 2 is 2.03 bits per heavy atom. The van der Waals surface area contributed by atoms with E-state index in [1.807, 2.05) is 43.5 Å². The Kier molecular flexibility index (Phi) is 5.74. The van der Waals surface area contributed by atoms with Crippen molar-refractivity contribution >= 4 is 27.3 Å². The predicted octanol–water partition coefficient (Wildman–Crippen LogP) is 4.82. The molecule has 1 N–H and O–H groups in total. The summed E-state index contributed by atoms with van der Waals surface area (Å²) in [5, 5.41) is 10.1. The Morgan fingerprint density at radius 1 is 1.14 bits per heavy atom. The largest absolute Gasteiger partial charge is 0.392 e. The van der Waals surface area contributed by atoms with Gasteiger partial charge in [0.1, 0.15) is 10.8 Å². The lowest BCUT2D eigenvalue weighted by molar-refractivity contribution is -0.118. The summed E-state index contributed by atoms with van der Waals surface area (Å²) in [5.74, 6) is 0.214. The van der Waals surface area contributed by atoms with Gasteiger partial charge in [0.15, 0.2) is 0 Å². The van der Waals surface area contributed by atoms with E-state index in [9.17, 15) is 9.90 Å². The number of carbonyl (C=O) groups excluding carboxylic acids is 1. The number of ketones is 1. The number of rotatable bonds is 7. The van der Waals surface area contributed by atoms with E-state index in [0.717, 1.165) is 49.6 Å². The average molecular weight is 404 g/mol. The van der Waals surface area contributed by atoms with Crippen LogP contribution in [0.15, 0.2) is 55.0 Å². The zero-order valence-electron chi connectivity index (χ0n) is 16.1. The second-order valence-electron chi connectivity index (χ2n) is 6.90. The summed E-state index contributed by atoms with van der Waals surface area (Å²) in [6, 6.07) is 11.8. The molecule has 0 aliphatic heterocycles. The summed E-state index contributed by atoms with van der Waals surface area (Å²) in [6.07, 6.45) is 7.05. The maximum absolute atomic E-state index is 12.1. The summed E-state index contributed by atoms with van der Waals surface area (Å²) in [6.45, 7) is 1.97. The number of fused-ring (bicyclic) bond motifs is 1. The van der Waals surface area contributed by atoms with Crippen molar-refractivity contribution in [1.82, 2.24) is 15.0 Å².